The van der Waals surface area contributed by atoms with Gasteiger partial charge in [-0.1, -0.05) is 6.07 Å². The Morgan fingerprint density at radius 3 is 2.66 bits per heavy atom. The maximum absolute atomic E-state index is 4.77. The fourth-order valence-corrected chi connectivity index (χ4v) is 3.53. The monoisotopic (exact) mass is 511 g/mol. The maximum atomic E-state index is 4.77. The average Bonchev–Trinajstić information content (AvgIpc) is 3.14. The number of unbranched alkanes of at least 4 members (excludes halogenated alkanes) is 1. The summed E-state index contributed by atoms with van der Waals surface area (Å²) < 4.78 is 2.20. The molecule has 0 radical (unpaired) electrons. The Hall–Kier alpha value is -1.84. The van der Waals surface area contributed by atoms with Crippen LogP contribution in [0.3, 0.4) is 0 Å². The zero-order chi connectivity index (χ0) is 19.6. The van der Waals surface area contributed by atoms with E-state index in [9.17, 15) is 0 Å². The molecule has 1 aliphatic rings. The molecule has 3 heterocycles. The molecule has 2 N–H and O–H groups in total. The normalized spacial score (nSPS) is 15.1. The number of nitrogens with one attached hydrogen (secondary N) is 2. The first-order valence-electron chi connectivity index (χ1n) is 10.4. The van der Waals surface area contributed by atoms with Gasteiger partial charge in [-0.25, -0.2) is 9.97 Å². The predicted octanol–water partition coefficient (Wildman–Crippen LogP) is 3.21. The summed E-state index contributed by atoms with van der Waals surface area (Å²) in [5, 5.41) is 7.00. The molecule has 29 heavy (non-hydrogen) atoms. The van der Waals surface area contributed by atoms with Crippen LogP contribution in [0.1, 0.15) is 38.4 Å². The quantitative estimate of drug-likeness (QED) is 0.247. The molecule has 0 unspecified atom stereocenters. The summed E-state index contributed by atoms with van der Waals surface area (Å²) in [7, 11) is 0. The third-order valence-corrected chi connectivity index (χ3v) is 5.15. The van der Waals surface area contributed by atoms with Gasteiger partial charge in [-0.15, -0.1) is 24.0 Å². The number of halogens is 1. The molecular formula is C21H34IN7. The van der Waals surface area contributed by atoms with Crippen molar-refractivity contribution in [2.45, 2.75) is 52.1 Å². The van der Waals surface area contributed by atoms with E-state index in [0.29, 0.717) is 6.04 Å². The van der Waals surface area contributed by atoms with Crippen LogP contribution >= 0.6 is 24.0 Å². The highest BCUT2D eigenvalue weighted by atomic mass is 127. The molecule has 0 saturated carbocycles. The molecule has 3 rings (SSSR count). The minimum Gasteiger partial charge on any atom is -0.357 e. The Bertz CT molecular complexity index is 724. The van der Waals surface area contributed by atoms with Gasteiger partial charge in [0.1, 0.15) is 11.6 Å². The van der Waals surface area contributed by atoms with Gasteiger partial charge in [0.2, 0.25) is 0 Å². The van der Waals surface area contributed by atoms with E-state index in [4.69, 9.17) is 4.99 Å². The molecule has 1 aliphatic heterocycles. The fourth-order valence-electron chi connectivity index (χ4n) is 3.53. The molecule has 0 spiro atoms. The van der Waals surface area contributed by atoms with E-state index < -0.39 is 0 Å². The van der Waals surface area contributed by atoms with Gasteiger partial charge in [0.25, 0.3) is 0 Å². The van der Waals surface area contributed by atoms with Crippen LogP contribution in [0.5, 0.6) is 0 Å². The van der Waals surface area contributed by atoms with Gasteiger partial charge in [0.15, 0.2) is 5.96 Å². The molecule has 0 atom stereocenters. The topological polar surface area (TPSA) is 70.4 Å². The Kier molecular flexibility index (Phi) is 10.2. The van der Waals surface area contributed by atoms with E-state index in [1.807, 2.05) is 31.6 Å². The number of anilines is 1. The van der Waals surface area contributed by atoms with Crippen LogP contribution < -0.4 is 15.5 Å². The summed E-state index contributed by atoms with van der Waals surface area (Å²) in [6.45, 7) is 8.95. The second kappa shape index (κ2) is 12.7. The van der Waals surface area contributed by atoms with Crippen molar-refractivity contribution >= 4 is 35.8 Å². The summed E-state index contributed by atoms with van der Waals surface area (Å²) >= 11 is 0. The molecule has 0 bridgehead atoms. The first-order chi connectivity index (χ1) is 13.8. The molecule has 1 fully saturated rings. The van der Waals surface area contributed by atoms with Crippen molar-refractivity contribution in [1.82, 2.24) is 25.2 Å². The van der Waals surface area contributed by atoms with E-state index in [2.05, 4.69) is 49.1 Å². The predicted molar refractivity (Wildman–Crippen MR) is 130 cm³/mol. The van der Waals surface area contributed by atoms with E-state index in [1.165, 1.54) is 0 Å². The van der Waals surface area contributed by atoms with Crippen LogP contribution in [0.4, 0.5) is 5.82 Å². The number of imidazole rings is 1. The number of pyridine rings is 1. The molecule has 1 saturated heterocycles. The van der Waals surface area contributed by atoms with Crippen LogP contribution in [-0.2, 0) is 6.54 Å². The molecule has 2 aromatic rings. The molecular weight excluding hydrogens is 477 g/mol. The zero-order valence-electron chi connectivity index (χ0n) is 17.5. The number of rotatable bonds is 8. The summed E-state index contributed by atoms with van der Waals surface area (Å²) in [6.07, 6.45) is 10.2. The fraction of sp³-hybridized carbons (Fsp3) is 0.571. The van der Waals surface area contributed by atoms with Crippen molar-refractivity contribution in [3.63, 3.8) is 0 Å². The van der Waals surface area contributed by atoms with Gasteiger partial charge in [-0.2, -0.15) is 0 Å². The molecule has 0 aromatic carbocycles. The third kappa shape index (κ3) is 7.49. The SMILES string of the molecule is CCNC(=NCCCCn1ccnc1C)NC1CCN(c2ccccn2)CC1.I. The lowest BCUT2D eigenvalue weighted by Gasteiger charge is -2.33. The lowest BCUT2D eigenvalue weighted by Crippen LogP contribution is -2.49. The highest BCUT2D eigenvalue weighted by Crippen LogP contribution is 2.17. The van der Waals surface area contributed by atoms with Crippen LogP contribution in [0.2, 0.25) is 0 Å². The molecule has 7 nitrogen and oxygen atoms in total. The number of aryl methyl sites for hydroxylation is 2. The first kappa shape index (κ1) is 23.4. The number of piperidine rings is 1. The Morgan fingerprint density at radius 1 is 1.17 bits per heavy atom. The highest BCUT2D eigenvalue weighted by Gasteiger charge is 2.20. The number of nitrogens with zero attached hydrogens (tertiary/aromatic N) is 5. The van der Waals surface area contributed by atoms with Gasteiger partial charge in [-0.05, 0) is 51.7 Å². The largest absolute Gasteiger partial charge is 0.357 e. The zero-order valence-corrected chi connectivity index (χ0v) is 19.9. The molecule has 0 amide bonds. The standard InChI is InChI=1S/C21H33N7.HI/c1-3-22-21(25-12-6-7-14-27-17-13-23-18(27)2)26-19-9-15-28(16-10-19)20-8-4-5-11-24-20;/h4-5,8,11,13,17,19H,3,6-7,9-10,12,14-16H2,1-2H3,(H2,22,25,26);1H. The number of aromatic nitrogens is 3. The van der Waals surface area contributed by atoms with E-state index in [1.54, 1.807) is 0 Å². The minimum atomic E-state index is 0. The number of guanidine groups is 1. The summed E-state index contributed by atoms with van der Waals surface area (Å²) in [5.41, 5.74) is 0. The number of aliphatic imine (C=N–C) groups is 1. The van der Waals surface area contributed by atoms with Crippen molar-refractivity contribution in [2.75, 3.05) is 31.1 Å². The Balaban J connectivity index is 0.00000300. The van der Waals surface area contributed by atoms with E-state index in [0.717, 1.165) is 76.0 Å². The van der Waals surface area contributed by atoms with Crippen LogP contribution in [-0.4, -0.2) is 52.7 Å². The Labute approximate surface area is 191 Å². The summed E-state index contributed by atoms with van der Waals surface area (Å²) in [5.74, 6) is 3.10. The summed E-state index contributed by atoms with van der Waals surface area (Å²) in [4.78, 5) is 15.9. The van der Waals surface area contributed by atoms with Gasteiger partial charge < -0.3 is 20.1 Å². The van der Waals surface area contributed by atoms with Crippen molar-refractivity contribution in [3.8, 4) is 0 Å². The smallest absolute Gasteiger partial charge is 0.191 e. The number of hydrogen-bond donors (Lipinski definition) is 2. The second-order valence-electron chi connectivity index (χ2n) is 7.23. The van der Waals surface area contributed by atoms with Crippen LogP contribution in [0, 0.1) is 6.92 Å². The van der Waals surface area contributed by atoms with Gasteiger partial charge in [0, 0.05) is 57.4 Å². The van der Waals surface area contributed by atoms with Gasteiger partial charge >= 0.3 is 0 Å². The van der Waals surface area contributed by atoms with Crippen molar-refractivity contribution in [1.29, 1.82) is 0 Å². The van der Waals surface area contributed by atoms with E-state index >= 15 is 0 Å². The molecule has 0 aliphatic carbocycles. The van der Waals surface area contributed by atoms with Gasteiger partial charge in [-0.3, -0.25) is 4.99 Å². The average molecular weight is 511 g/mol. The lowest BCUT2D eigenvalue weighted by atomic mass is 10.1. The Morgan fingerprint density at radius 2 is 2.00 bits per heavy atom. The minimum absolute atomic E-state index is 0. The van der Waals surface area contributed by atoms with Crippen LogP contribution in [0.25, 0.3) is 0 Å². The molecule has 160 valence electrons. The third-order valence-electron chi connectivity index (χ3n) is 5.15. The van der Waals surface area contributed by atoms with Crippen LogP contribution in [0.15, 0.2) is 41.8 Å². The second-order valence-corrected chi connectivity index (χ2v) is 7.23. The lowest BCUT2D eigenvalue weighted by molar-refractivity contribution is 0.459. The highest BCUT2D eigenvalue weighted by molar-refractivity contribution is 14.0. The summed E-state index contributed by atoms with van der Waals surface area (Å²) in [6, 6.07) is 6.57. The first-order valence-corrected chi connectivity index (χ1v) is 10.4. The van der Waals surface area contributed by atoms with E-state index in [-0.39, 0.29) is 24.0 Å². The number of hydrogen-bond acceptors (Lipinski definition) is 4. The van der Waals surface area contributed by atoms with Crippen molar-refractivity contribution in [3.05, 3.63) is 42.6 Å². The van der Waals surface area contributed by atoms with Crippen molar-refractivity contribution < 1.29 is 0 Å². The molecule has 2 aromatic heterocycles. The maximum Gasteiger partial charge on any atom is 0.191 e. The van der Waals surface area contributed by atoms with Gasteiger partial charge in [0.05, 0.1) is 0 Å². The van der Waals surface area contributed by atoms with Crippen molar-refractivity contribution in [2.24, 2.45) is 4.99 Å². The molecule has 8 heteroatoms.